The molecule has 0 unspecified atom stereocenters. The van der Waals surface area contributed by atoms with E-state index < -0.39 is 5.97 Å². The van der Waals surface area contributed by atoms with Crippen LogP contribution in [0.3, 0.4) is 0 Å². The number of carboxylic acid groups (broad SMARTS) is 1. The number of carbonyl (C=O) groups excluding carboxylic acids is 1. The number of piperazine rings is 1. The topological polar surface area (TPSA) is 70.1 Å². The molecule has 1 amide bonds. The summed E-state index contributed by atoms with van der Waals surface area (Å²) < 4.78 is 5.10. The Morgan fingerprint density at radius 2 is 1.74 bits per heavy atom. The highest BCUT2D eigenvalue weighted by Gasteiger charge is 2.21. The van der Waals surface area contributed by atoms with Gasteiger partial charge in [-0.05, 0) is 43.7 Å². The Labute approximate surface area is 136 Å². The fourth-order valence-electron chi connectivity index (χ4n) is 2.70. The van der Waals surface area contributed by atoms with Crippen LogP contribution in [-0.4, -0.2) is 66.6 Å². The lowest BCUT2D eigenvalue weighted by Gasteiger charge is -2.34. The van der Waals surface area contributed by atoms with Gasteiger partial charge >= 0.3 is 5.97 Å². The van der Waals surface area contributed by atoms with E-state index in [0.29, 0.717) is 25.1 Å². The first kappa shape index (κ1) is 17.3. The summed E-state index contributed by atoms with van der Waals surface area (Å²) in [6, 6.07) is 7.18. The Morgan fingerprint density at radius 1 is 1.09 bits per heavy atom. The molecular weight excluding hydrogens is 296 g/mol. The molecule has 1 aliphatic heterocycles. The van der Waals surface area contributed by atoms with Gasteiger partial charge in [0.2, 0.25) is 0 Å². The largest absolute Gasteiger partial charge is 0.497 e. The van der Waals surface area contributed by atoms with E-state index in [2.05, 4.69) is 4.90 Å². The van der Waals surface area contributed by atoms with Crippen molar-refractivity contribution in [2.75, 3.05) is 39.8 Å². The average molecular weight is 320 g/mol. The molecule has 1 saturated heterocycles. The standard InChI is InChI=1S/C17H24N2O4/c1-23-15-7-5-14(6-8-15)17(22)19-12-10-18(11-13-19)9-3-2-4-16(20)21/h5-8H,2-4,9-13H2,1H3,(H,20,21). The second-order valence-corrected chi connectivity index (χ2v) is 5.71. The van der Waals surface area contributed by atoms with Crippen LogP contribution in [0.5, 0.6) is 5.75 Å². The van der Waals surface area contributed by atoms with Crippen LogP contribution in [0.2, 0.25) is 0 Å². The van der Waals surface area contributed by atoms with E-state index in [9.17, 15) is 9.59 Å². The molecule has 0 radical (unpaired) electrons. The van der Waals surface area contributed by atoms with Gasteiger partial charge in [0.05, 0.1) is 7.11 Å². The first-order valence-electron chi connectivity index (χ1n) is 7.97. The van der Waals surface area contributed by atoms with E-state index in [4.69, 9.17) is 9.84 Å². The molecule has 0 spiro atoms. The van der Waals surface area contributed by atoms with Crippen molar-refractivity contribution in [2.45, 2.75) is 19.3 Å². The number of amides is 1. The van der Waals surface area contributed by atoms with E-state index in [1.165, 1.54) is 0 Å². The molecule has 126 valence electrons. The molecule has 1 aromatic rings. The van der Waals surface area contributed by atoms with Crippen molar-refractivity contribution >= 4 is 11.9 Å². The summed E-state index contributed by atoms with van der Waals surface area (Å²) in [6.07, 6.45) is 1.83. The maximum absolute atomic E-state index is 12.4. The Hall–Kier alpha value is -2.08. The number of ether oxygens (including phenoxy) is 1. The molecule has 6 nitrogen and oxygen atoms in total. The molecular formula is C17H24N2O4. The van der Waals surface area contributed by atoms with Crippen LogP contribution < -0.4 is 4.74 Å². The molecule has 0 saturated carbocycles. The summed E-state index contributed by atoms with van der Waals surface area (Å²) in [5.41, 5.74) is 0.681. The summed E-state index contributed by atoms with van der Waals surface area (Å²) in [4.78, 5) is 27.1. The third-order valence-electron chi connectivity index (χ3n) is 4.11. The van der Waals surface area contributed by atoms with Crippen molar-refractivity contribution in [2.24, 2.45) is 0 Å². The molecule has 0 atom stereocenters. The van der Waals surface area contributed by atoms with Gasteiger partial charge in [-0.1, -0.05) is 0 Å². The minimum absolute atomic E-state index is 0.0539. The van der Waals surface area contributed by atoms with Crippen LogP contribution in [0.1, 0.15) is 29.6 Å². The van der Waals surface area contributed by atoms with Crippen molar-refractivity contribution < 1.29 is 19.4 Å². The van der Waals surface area contributed by atoms with Crippen molar-refractivity contribution in [3.05, 3.63) is 29.8 Å². The van der Waals surface area contributed by atoms with Crippen molar-refractivity contribution in [1.82, 2.24) is 9.80 Å². The van der Waals surface area contributed by atoms with E-state index in [1.54, 1.807) is 31.4 Å². The molecule has 0 aromatic heterocycles. The summed E-state index contributed by atoms with van der Waals surface area (Å²) in [7, 11) is 1.60. The second kappa shape index (κ2) is 8.53. The SMILES string of the molecule is COc1ccc(C(=O)N2CCN(CCCCC(=O)O)CC2)cc1. The number of carboxylic acids is 1. The van der Waals surface area contributed by atoms with Crippen LogP contribution in [-0.2, 0) is 4.79 Å². The summed E-state index contributed by atoms with van der Waals surface area (Å²) in [5, 5.41) is 8.62. The monoisotopic (exact) mass is 320 g/mol. The lowest BCUT2D eigenvalue weighted by atomic mass is 10.1. The molecule has 6 heteroatoms. The fraction of sp³-hybridized carbons (Fsp3) is 0.529. The zero-order chi connectivity index (χ0) is 16.7. The van der Waals surface area contributed by atoms with Gasteiger partial charge in [-0.2, -0.15) is 0 Å². The molecule has 1 aromatic carbocycles. The molecule has 1 aliphatic rings. The molecule has 0 bridgehead atoms. The van der Waals surface area contributed by atoms with Gasteiger partial charge in [-0.25, -0.2) is 0 Å². The lowest BCUT2D eigenvalue weighted by molar-refractivity contribution is -0.137. The van der Waals surface area contributed by atoms with Crippen molar-refractivity contribution in [1.29, 1.82) is 0 Å². The number of benzene rings is 1. The second-order valence-electron chi connectivity index (χ2n) is 5.71. The van der Waals surface area contributed by atoms with Crippen LogP contribution in [0, 0.1) is 0 Å². The lowest BCUT2D eigenvalue weighted by Crippen LogP contribution is -2.48. The number of methoxy groups -OCH3 is 1. The van der Waals surface area contributed by atoms with Crippen molar-refractivity contribution in [3.8, 4) is 5.75 Å². The first-order valence-corrected chi connectivity index (χ1v) is 7.97. The number of rotatable bonds is 7. The zero-order valence-electron chi connectivity index (χ0n) is 13.5. The summed E-state index contributed by atoms with van der Waals surface area (Å²) in [5.74, 6) is 0.0609. The predicted octanol–water partition coefficient (Wildman–Crippen LogP) is 1.71. The van der Waals surface area contributed by atoms with Gasteiger partial charge < -0.3 is 14.7 Å². The fourth-order valence-corrected chi connectivity index (χ4v) is 2.70. The summed E-state index contributed by atoms with van der Waals surface area (Å²) >= 11 is 0. The Kier molecular flexibility index (Phi) is 6.40. The number of unbranched alkanes of at least 4 members (excludes halogenated alkanes) is 1. The van der Waals surface area contributed by atoms with E-state index in [0.717, 1.165) is 31.8 Å². The Morgan fingerprint density at radius 3 is 2.30 bits per heavy atom. The maximum Gasteiger partial charge on any atom is 0.303 e. The highest BCUT2D eigenvalue weighted by atomic mass is 16.5. The van der Waals surface area contributed by atoms with Gasteiger partial charge in [0, 0.05) is 38.2 Å². The molecule has 1 heterocycles. The number of hydrogen-bond acceptors (Lipinski definition) is 4. The molecule has 23 heavy (non-hydrogen) atoms. The predicted molar refractivity (Wildman–Crippen MR) is 86.8 cm³/mol. The average Bonchev–Trinajstić information content (AvgIpc) is 2.58. The maximum atomic E-state index is 12.4. The van der Waals surface area contributed by atoms with Gasteiger partial charge in [-0.15, -0.1) is 0 Å². The van der Waals surface area contributed by atoms with Gasteiger partial charge in [0.15, 0.2) is 0 Å². The van der Waals surface area contributed by atoms with Crippen molar-refractivity contribution in [3.63, 3.8) is 0 Å². The molecule has 0 aliphatic carbocycles. The van der Waals surface area contributed by atoms with Crippen LogP contribution in [0.15, 0.2) is 24.3 Å². The highest BCUT2D eigenvalue weighted by Crippen LogP contribution is 2.14. The normalized spacial score (nSPS) is 15.4. The Balaban J connectivity index is 1.74. The zero-order valence-corrected chi connectivity index (χ0v) is 13.5. The summed E-state index contributed by atoms with van der Waals surface area (Å²) in [6.45, 7) is 4.01. The van der Waals surface area contributed by atoms with Gasteiger partial charge in [0.25, 0.3) is 5.91 Å². The molecule has 2 rings (SSSR count). The third-order valence-corrected chi connectivity index (χ3v) is 4.11. The minimum Gasteiger partial charge on any atom is -0.497 e. The van der Waals surface area contributed by atoms with Crippen LogP contribution >= 0.6 is 0 Å². The Bertz CT molecular complexity index is 522. The highest BCUT2D eigenvalue weighted by molar-refractivity contribution is 5.94. The molecule has 1 N–H and O–H groups in total. The van der Waals surface area contributed by atoms with Crippen LogP contribution in [0.25, 0.3) is 0 Å². The van der Waals surface area contributed by atoms with Crippen LogP contribution in [0.4, 0.5) is 0 Å². The van der Waals surface area contributed by atoms with E-state index in [-0.39, 0.29) is 12.3 Å². The number of hydrogen-bond donors (Lipinski definition) is 1. The smallest absolute Gasteiger partial charge is 0.303 e. The first-order chi connectivity index (χ1) is 11.1. The minimum atomic E-state index is -0.736. The molecule has 1 fully saturated rings. The van der Waals surface area contributed by atoms with Gasteiger partial charge in [-0.3, -0.25) is 14.5 Å². The number of aliphatic carboxylic acids is 1. The van der Waals surface area contributed by atoms with E-state index in [1.807, 2.05) is 4.90 Å². The quantitative estimate of drug-likeness (QED) is 0.775. The number of carbonyl (C=O) groups is 2. The van der Waals surface area contributed by atoms with E-state index >= 15 is 0 Å². The number of nitrogens with zero attached hydrogens (tertiary/aromatic N) is 2. The van der Waals surface area contributed by atoms with Gasteiger partial charge in [0.1, 0.15) is 5.75 Å². The third kappa shape index (κ3) is 5.25.